The Morgan fingerprint density at radius 3 is 2.29 bits per heavy atom. The third-order valence-corrected chi connectivity index (χ3v) is 4.30. The minimum absolute atomic E-state index is 0.0394. The molecule has 0 saturated heterocycles. The van der Waals surface area contributed by atoms with Gasteiger partial charge in [-0.3, -0.25) is 9.59 Å². The second kappa shape index (κ2) is 4.67. The fourth-order valence-corrected chi connectivity index (χ4v) is 2.74. The van der Waals surface area contributed by atoms with Gasteiger partial charge in [0.1, 0.15) is 5.41 Å². The standard InChI is InChI=1S/C13H21NO3/c1-14(9-10-5-3-6-10)11(15)13(7-4-8-13)12(16)17-2/h10H,3-9H2,1-2H3. The van der Waals surface area contributed by atoms with Gasteiger partial charge in [-0.25, -0.2) is 0 Å². The molecule has 2 fully saturated rings. The lowest BCUT2D eigenvalue weighted by molar-refractivity contribution is -0.169. The first-order chi connectivity index (χ1) is 8.10. The molecule has 4 nitrogen and oxygen atoms in total. The Kier molecular flexibility index (Phi) is 3.40. The predicted molar refractivity (Wildman–Crippen MR) is 63.3 cm³/mol. The summed E-state index contributed by atoms with van der Waals surface area (Å²) in [5, 5.41) is 0. The van der Waals surface area contributed by atoms with Crippen molar-refractivity contribution >= 4 is 11.9 Å². The van der Waals surface area contributed by atoms with Gasteiger partial charge >= 0.3 is 5.97 Å². The third kappa shape index (κ3) is 2.05. The molecule has 0 bridgehead atoms. The second-order valence-corrected chi connectivity index (χ2v) is 5.41. The Bertz CT molecular complexity index is 319. The van der Waals surface area contributed by atoms with Crippen LogP contribution < -0.4 is 0 Å². The van der Waals surface area contributed by atoms with Crippen LogP contribution in [0.2, 0.25) is 0 Å². The smallest absolute Gasteiger partial charge is 0.321 e. The van der Waals surface area contributed by atoms with Gasteiger partial charge in [-0.05, 0) is 31.6 Å². The van der Waals surface area contributed by atoms with Gasteiger partial charge in [0.2, 0.25) is 5.91 Å². The summed E-state index contributed by atoms with van der Waals surface area (Å²) < 4.78 is 4.79. The number of carbonyl (C=O) groups is 2. The van der Waals surface area contributed by atoms with Crippen LogP contribution in [0.3, 0.4) is 0 Å². The van der Waals surface area contributed by atoms with E-state index in [9.17, 15) is 9.59 Å². The molecule has 0 N–H and O–H groups in total. The van der Waals surface area contributed by atoms with Crippen LogP contribution in [0, 0.1) is 11.3 Å². The van der Waals surface area contributed by atoms with E-state index in [2.05, 4.69) is 0 Å². The monoisotopic (exact) mass is 239 g/mol. The first kappa shape index (κ1) is 12.4. The van der Waals surface area contributed by atoms with Gasteiger partial charge in [0, 0.05) is 13.6 Å². The van der Waals surface area contributed by atoms with E-state index in [1.165, 1.54) is 26.4 Å². The summed E-state index contributed by atoms with van der Waals surface area (Å²) in [5.41, 5.74) is -0.854. The fourth-order valence-electron chi connectivity index (χ4n) is 2.74. The highest BCUT2D eigenvalue weighted by Gasteiger charge is 2.53. The number of ether oxygens (including phenoxy) is 1. The molecule has 0 unspecified atom stereocenters. The third-order valence-electron chi connectivity index (χ3n) is 4.30. The molecule has 4 heteroatoms. The Morgan fingerprint density at radius 1 is 1.29 bits per heavy atom. The number of hydrogen-bond acceptors (Lipinski definition) is 3. The topological polar surface area (TPSA) is 46.6 Å². The summed E-state index contributed by atoms with van der Waals surface area (Å²) >= 11 is 0. The zero-order valence-electron chi connectivity index (χ0n) is 10.7. The van der Waals surface area contributed by atoms with Gasteiger partial charge in [0.25, 0.3) is 0 Å². The summed E-state index contributed by atoms with van der Waals surface area (Å²) in [6.45, 7) is 0.789. The number of carbonyl (C=O) groups excluding carboxylic acids is 2. The first-order valence-electron chi connectivity index (χ1n) is 6.44. The van der Waals surface area contributed by atoms with Gasteiger partial charge in [0.15, 0.2) is 0 Å². The molecule has 0 aliphatic heterocycles. The van der Waals surface area contributed by atoms with Crippen molar-refractivity contribution in [2.75, 3.05) is 20.7 Å². The zero-order valence-corrected chi connectivity index (χ0v) is 10.7. The molecule has 0 heterocycles. The van der Waals surface area contributed by atoms with E-state index in [4.69, 9.17) is 4.74 Å². The van der Waals surface area contributed by atoms with Gasteiger partial charge in [0.05, 0.1) is 7.11 Å². The summed E-state index contributed by atoms with van der Waals surface area (Å²) in [4.78, 5) is 25.8. The largest absolute Gasteiger partial charge is 0.468 e. The molecule has 0 aromatic heterocycles. The van der Waals surface area contributed by atoms with Crippen LogP contribution >= 0.6 is 0 Å². The number of nitrogens with zero attached hydrogens (tertiary/aromatic N) is 1. The van der Waals surface area contributed by atoms with E-state index in [0.29, 0.717) is 18.8 Å². The van der Waals surface area contributed by atoms with Crippen LogP contribution in [-0.4, -0.2) is 37.5 Å². The molecule has 0 spiro atoms. The minimum atomic E-state index is -0.854. The zero-order chi connectivity index (χ0) is 12.5. The van der Waals surface area contributed by atoms with Crippen LogP contribution in [0.1, 0.15) is 38.5 Å². The van der Waals surface area contributed by atoms with Crippen LogP contribution in [-0.2, 0) is 14.3 Å². The van der Waals surface area contributed by atoms with Crippen molar-refractivity contribution < 1.29 is 14.3 Å². The number of methoxy groups -OCH3 is 1. The average molecular weight is 239 g/mol. The summed E-state index contributed by atoms with van der Waals surface area (Å²) in [5.74, 6) is 0.246. The molecular weight excluding hydrogens is 218 g/mol. The van der Waals surface area contributed by atoms with E-state index in [-0.39, 0.29) is 11.9 Å². The maximum Gasteiger partial charge on any atom is 0.321 e. The van der Waals surface area contributed by atoms with Crippen molar-refractivity contribution in [3.05, 3.63) is 0 Å². The van der Waals surface area contributed by atoms with E-state index < -0.39 is 5.41 Å². The SMILES string of the molecule is COC(=O)C1(C(=O)N(C)CC2CCC2)CCC1. The van der Waals surface area contributed by atoms with E-state index in [0.717, 1.165) is 13.0 Å². The molecule has 96 valence electrons. The molecule has 2 aliphatic rings. The Morgan fingerprint density at radius 2 is 1.94 bits per heavy atom. The highest BCUT2D eigenvalue weighted by Crippen LogP contribution is 2.43. The second-order valence-electron chi connectivity index (χ2n) is 5.41. The van der Waals surface area contributed by atoms with Crippen molar-refractivity contribution in [3.8, 4) is 0 Å². The first-order valence-corrected chi connectivity index (χ1v) is 6.44. The molecule has 0 aromatic rings. The number of rotatable bonds is 4. The molecule has 0 radical (unpaired) electrons. The Labute approximate surface area is 102 Å². The molecule has 2 aliphatic carbocycles. The highest BCUT2D eigenvalue weighted by molar-refractivity contribution is 6.03. The van der Waals surface area contributed by atoms with E-state index >= 15 is 0 Å². The molecule has 0 atom stereocenters. The Balaban J connectivity index is 1.98. The van der Waals surface area contributed by atoms with E-state index in [1.807, 2.05) is 7.05 Å². The lowest BCUT2D eigenvalue weighted by Crippen LogP contribution is -2.53. The lowest BCUT2D eigenvalue weighted by atomic mass is 9.67. The number of hydrogen-bond donors (Lipinski definition) is 0. The summed E-state index contributed by atoms with van der Waals surface area (Å²) in [6, 6.07) is 0. The molecule has 2 saturated carbocycles. The number of amides is 1. The van der Waals surface area contributed by atoms with E-state index in [1.54, 1.807) is 4.90 Å². The van der Waals surface area contributed by atoms with Gasteiger partial charge in [-0.2, -0.15) is 0 Å². The molecule has 1 amide bonds. The van der Waals surface area contributed by atoms with Crippen LogP contribution in [0.4, 0.5) is 0 Å². The van der Waals surface area contributed by atoms with Crippen molar-refractivity contribution in [1.82, 2.24) is 4.90 Å². The van der Waals surface area contributed by atoms with Crippen LogP contribution in [0.15, 0.2) is 0 Å². The molecular formula is C13H21NO3. The van der Waals surface area contributed by atoms with Gasteiger partial charge < -0.3 is 9.64 Å². The van der Waals surface area contributed by atoms with Crippen molar-refractivity contribution in [2.45, 2.75) is 38.5 Å². The van der Waals surface area contributed by atoms with Crippen molar-refractivity contribution in [1.29, 1.82) is 0 Å². The summed E-state index contributed by atoms with van der Waals surface area (Å²) in [6.07, 6.45) is 5.93. The fraction of sp³-hybridized carbons (Fsp3) is 0.846. The van der Waals surface area contributed by atoms with Crippen molar-refractivity contribution in [3.63, 3.8) is 0 Å². The quantitative estimate of drug-likeness (QED) is 0.553. The van der Waals surface area contributed by atoms with Gasteiger partial charge in [-0.15, -0.1) is 0 Å². The normalized spacial score (nSPS) is 22.2. The maximum absolute atomic E-state index is 12.3. The lowest BCUT2D eigenvalue weighted by Gasteiger charge is -2.41. The van der Waals surface area contributed by atoms with Gasteiger partial charge in [-0.1, -0.05) is 12.8 Å². The van der Waals surface area contributed by atoms with Crippen LogP contribution in [0.25, 0.3) is 0 Å². The molecule has 17 heavy (non-hydrogen) atoms. The van der Waals surface area contributed by atoms with Crippen LogP contribution in [0.5, 0.6) is 0 Å². The Hall–Kier alpha value is -1.06. The highest BCUT2D eigenvalue weighted by atomic mass is 16.5. The predicted octanol–water partition coefficient (Wildman–Crippen LogP) is 1.59. The average Bonchev–Trinajstić information content (AvgIpc) is 2.20. The molecule has 2 rings (SSSR count). The maximum atomic E-state index is 12.3. The van der Waals surface area contributed by atoms with Crippen molar-refractivity contribution in [2.24, 2.45) is 11.3 Å². The number of esters is 1. The summed E-state index contributed by atoms with van der Waals surface area (Å²) in [7, 11) is 3.17. The molecule has 0 aromatic carbocycles. The minimum Gasteiger partial charge on any atom is -0.468 e.